The van der Waals surface area contributed by atoms with Crippen molar-refractivity contribution in [1.29, 1.82) is 0 Å². The van der Waals surface area contributed by atoms with Crippen LogP contribution in [0.2, 0.25) is 0 Å². The van der Waals surface area contributed by atoms with Crippen LogP contribution in [-0.4, -0.2) is 10.9 Å². The van der Waals surface area contributed by atoms with E-state index in [4.69, 9.17) is 0 Å². The normalized spacial score (nSPS) is 12.2. The third kappa shape index (κ3) is 2.81. The van der Waals surface area contributed by atoms with Gasteiger partial charge in [0, 0.05) is 5.56 Å². The number of ketones is 1. The Balaban J connectivity index is 2.42. The van der Waals surface area contributed by atoms with Crippen molar-refractivity contribution in [2.24, 2.45) is 0 Å². The van der Waals surface area contributed by atoms with Gasteiger partial charge in [-0.25, -0.2) is 0 Å². The molecular formula is C18H20O2. The first-order valence-corrected chi connectivity index (χ1v) is 6.77. The molecule has 1 atom stereocenters. The summed E-state index contributed by atoms with van der Waals surface area (Å²) in [5.74, 6) is -0.236. The van der Waals surface area contributed by atoms with Crippen LogP contribution < -0.4 is 0 Å². The second kappa shape index (κ2) is 5.59. The van der Waals surface area contributed by atoms with E-state index in [1.165, 1.54) is 0 Å². The van der Waals surface area contributed by atoms with Crippen LogP contribution in [0.4, 0.5) is 0 Å². The number of rotatable bonds is 3. The lowest BCUT2D eigenvalue weighted by Crippen LogP contribution is -2.15. The number of aliphatic hydroxyl groups is 1. The molecule has 2 nitrogen and oxygen atoms in total. The van der Waals surface area contributed by atoms with Gasteiger partial charge in [0.25, 0.3) is 0 Å². The average Bonchev–Trinajstić information content (AvgIpc) is 2.42. The van der Waals surface area contributed by atoms with Gasteiger partial charge >= 0.3 is 0 Å². The number of carbonyl (C=O) groups excluding carboxylic acids is 1. The minimum atomic E-state index is -1.10. The second-order valence-electron chi connectivity index (χ2n) is 5.45. The van der Waals surface area contributed by atoms with Gasteiger partial charge in [0.15, 0.2) is 5.78 Å². The zero-order valence-corrected chi connectivity index (χ0v) is 12.4. The number of aryl methyl sites for hydroxylation is 4. The maximum Gasteiger partial charge on any atom is 0.196 e. The lowest BCUT2D eigenvalue weighted by molar-refractivity contribution is 0.0745. The van der Waals surface area contributed by atoms with Crippen LogP contribution >= 0.6 is 0 Å². The van der Waals surface area contributed by atoms with Crippen molar-refractivity contribution in [3.8, 4) is 0 Å². The van der Waals surface area contributed by atoms with E-state index in [0.29, 0.717) is 11.1 Å². The van der Waals surface area contributed by atoms with Gasteiger partial charge in [-0.2, -0.15) is 0 Å². The highest BCUT2D eigenvalue weighted by molar-refractivity contribution is 6.01. The SMILES string of the molecule is Cc1ccc(C)c(C(=O)[C@H](O)c2cc(C)ccc2C)c1. The van der Waals surface area contributed by atoms with E-state index in [0.717, 1.165) is 22.3 Å². The number of Topliss-reactive ketones (excluding diaryl/α,β-unsaturated/α-hetero) is 1. The van der Waals surface area contributed by atoms with E-state index in [-0.39, 0.29) is 5.78 Å². The van der Waals surface area contributed by atoms with Crippen molar-refractivity contribution in [3.05, 3.63) is 69.8 Å². The van der Waals surface area contributed by atoms with Gasteiger partial charge < -0.3 is 5.11 Å². The summed E-state index contributed by atoms with van der Waals surface area (Å²) in [6.07, 6.45) is -1.10. The largest absolute Gasteiger partial charge is 0.380 e. The summed E-state index contributed by atoms with van der Waals surface area (Å²) < 4.78 is 0. The smallest absolute Gasteiger partial charge is 0.196 e. The van der Waals surface area contributed by atoms with Crippen molar-refractivity contribution in [1.82, 2.24) is 0 Å². The number of aliphatic hydroxyl groups excluding tert-OH is 1. The van der Waals surface area contributed by atoms with E-state index < -0.39 is 6.10 Å². The van der Waals surface area contributed by atoms with E-state index in [1.54, 1.807) is 0 Å². The van der Waals surface area contributed by atoms with Gasteiger partial charge in [-0.05, 0) is 50.5 Å². The van der Waals surface area contributed by atoms with E-state index in [9.17, 15) is 9.90 Å². The van der Waals surface area contributed by atoms with Gasteiger partial charge in [0.05, 0.1) is 0 Å². The Kier molecular flexibility index (Phi) is 4.05. The Morgan fingerprint density at radius 2 is 1.45 bits per heavy atom. The molecule has 104 valence electrons. The molecule has 2 aromatic carbocycles. The molecule has 0 fully saturated rings. The predicted octanol–water partition coefficient (Wildman–Crippen LogP) is 3.84. The summed E-state index contributed by atoms with van der Waals surface area (Å²) in [5, 5.41) is 10.4. The maximum absolute atomic E-state index is 12.5. The van der Waals surface area contributed by atoms with Crippen molar-refractivity contribution in [3.63, 3.8) is 0 Å². The van der Waals surface area contributed by atoms with Gasteiger partial charge in [-0.1, -0.05) is 41.5 Å². The molecule has 2 heteroatoms. The molecule has 20 heavy (non-hydrogen) atoms. The van der Waals surface area contributed by atoms with E-state index in [2.05, 4.69) is 0 Å². The first-order valence-electron chi connectivity index (χ1n) is 6.77. The number of carbonyl (C=O) groups is 1. The topological polar surface area (TPSA) is 37.3 Å². The molecule has 0 aliphatic rings. The molecular weight excluding hydrogens is 248 g/mol. The zero-order valence-electron chi connectivity index (χ0n) is 12.4. The summed E-state index contributed by atoms with van der Waals surface area (Å²) >= 11 is 0. The van der Waals surface area contributed by atoms with Gasteiger partial charge in [-0.3, -0.25) is 4.79 Å². The fourth-order valence-electron chi connectivity index (χ4n) is 2.34. The molecule has 0 amide bonds. The maximum atomic E-state index is 12.5. The fourth-order valence-corrected chi connectivity index (χ4v) is 2.34. The van der Waals surface area contributed by atoms with Crippen molar-refractivity contribution in [2.45, 2.75) is 33.8 Å². The van der Waals surface area contributed by atoms with E-state index >= 15 is 0 Å². The first-order chi connectivity index (χ1) is 9.40. The highest BCUT2D eigenvalue weighted by Crippen LogP contribution is 2.24. The van der Waals surface area contributed by atoms with Gasteiger partial charge in [0.2, 0.25) is 0 Å². The minimum absolute atomic E-state index is 0.236. The molecule has 0 radical (unpaired) electrons. The Bertz CT molecular complexity index is 656. The van der Waals surface area contributed by atoms with Crippen molar-refractivity contribution >= 4 is 5.78 Å². The third-order valence-electron chi connectivity index (χ3n) is 3.64. The van der Waals surface area contributed by atoms with E-state index in [1.807, 2.05) is 64.1 Å². The van der Waals surface area contributed by atoms with Crippen LogP contribution in [0.5, 0.6) is 0 Å². The summed E-state index contributed by atoms with van der Waals surface area (Å²) in [6, 6.07) is 11.5. The average molecular weight is 268 g/mol. The standard InChI is InChI=1S/C18H20O2/c1-11-5-7-13(3)15(9-11)17(19)18(20)16-10-12(2)6-8-14(16)4/h5-10,17,19H,1-4H3/t17-/m1/s1. The predicted molar refractivity (Wildman–Crippen MR) is 81.1 cm³/mol. The molecule has 0 saturated heterocycles. The lowest BCUT2D eigenvalue weighted by atomic mass is 9.92. The van der Waals surface area contributed by atoms with Crippen LogP contribution in [0.15, 0.2) is 36.4 Å². The number of hydrogen-bond donors (Lipinski definition) is 1. The monoisotopic (exact) mass is 268 g/mol. The van der Waals surface area contributed by atoms with Crippen LogP contribution in [-0.2, 0) is 0 Å². The molecule has 0 bridgehead atoms. The van der Waals surface area contributed by atoms with Crippen LogP contribution in [0.1, 0.15) is 44.3 Å². The van der Waals surface area contributed by atoms with Gasteiger partial charge in [0.1, 0.15) is 6.10 Å². The molecule has 2 rings (SSSR count). The second-order valence-corrected chi connectivity index (χ2v) is 5.45. The zero-order chi connectivity index (χ0) is 14.9. The third-order valence-corrected chi connectivity index (χ3v) is 3.64. The minimum Gasteiger partial charge on any atom is -0.380 e. The van der Waals surface area contributed by atoms with Crippen LogP contribution in [0.25, 0.3) is 0 Å². The fraction of sp³-hybridized carbons (Fsp3) is 0.278. The Labute approximate surface area is 120 Å². The summed E-state index contributed by atoms with van der Waals surface area (Å²) in [7, 11) is 0. The molecule has 0 unspecified atom stereocenters. The highest BCUT2D eigenvalue weighted by Gasteiger charge is 2.22. The molecule has 2 aromatic rings. The first kappa shape index (κ1) is 14.5. The summed E-state index contributed by atoms with van der Waals surface area (Å²) in [5.41, 5.74) is 5.17. The van der Waals surface area contributed by atoms with Crippen LogP contribution in [0, 0.1) is 27.7 Å². The molecule has 1 N–H and O–H groups in total. The Hall–Kier alpha value is -1.93. The van der Waals surface area contributed by atoms with Gasteiger partial charge in [-0.15, -0.1) is 0 Å². The summed E-state index contributed by atoms with van der Waals surface area (Å²) in [6.45, 7) is 7.70. The molecule has 0 heterocycles. The van der Waals surface area contributed by atoms with Crippen LogP contribution in [0.3, 0.4) is 0 Å². The molecule has 0 aliphatic heterocycles. The molecule has 0 aliphatic carbocycles. The number of hydrogen-bond acceptors (Lipinski definition) is 2. The Morgan fingerprint density at radius 1 is 0.900 bits per heavy atom. The lowest BCUT2D eigenvalue weighted by Gasteiger charge is -2.15. The van der Waals surface area contributed by atoms with Crippen molar-refractivity contribution < 1.29 is 9.90 Å². The highest BCUT2D eigenvalue weighted by atomic mass is 16.3. The number of benzene rings is 2. The Morgan fingerprint density at radius 3 is 2.10 bits per heavy atom. The molecule has 0 saturated carbocycles. The summed E-state index contributed by atoms with van der Waals surface area (Å²) in [4.78, 5) is 12.5. The molecule has 0 spiro atoms. The van der Waals surface area contributed by atoms with Crippen molar-refractivity contribution in [2.75, 3.05) is 0 Å². The molecule has 0 aromatic heterocycles. The quantitative estimate of drug-likeness (QED) is 0.859.